The number of aliphatic hydroxyl groups excluding tert-OH is 1. The number of pyridine rings is 1. The van der Waals surface area contributed by atoms with E-state index in [1.165, 1.54) is 0 Å². The SMILES string of the molecule is Cc1cc(C)c(CO)c(N2CCN(C(C)C)CC2)n1. The summed E-state index contributed by atoms with van der Waals surface area (Å²) in [4.78, 5) is 9.44. The molecule has 1 saturated heterocycles. The Balaban J connectivity index is 2.19. The molecule has 0 atom stereocenters. The van der Waals surface area contributed by atoms with Crippen LogP contribution in [-0.4, -0.2) is 47.2 Å². The number of rotatable bonds is 3. The molecule has 0 amide bonds. The standard InChI is InChI=1S/C15H25N3O/c1-11(2)17-5-7-18(8-6-17)15-14(10-19)12(3)9-13(4)16-15/h9,11,19H,5-8,10H2,1-4H3. The lowest BCUT2D eigenvalue weighted by molar-refractivity contribution is 0.208. The molecule has 2 rings (SSSR count). The second kappa shape index (κ2) is 5.88. The molecular formula is C15H25N3O. The van der Waals surface area contributed by atoms with Crippen molar-refractivity contribution in [1.82, 2.24) is 9.88 Å². The normalized spacial score (nSPS) is 17.3. The Hall–Kier alpha value is -1.13. The predicted molar refractivity (Wildman–Crippen MR) is 78.6 cm³/mol. The average molecular weight is 263 g/mol. The maximum Gasteiger partial charge on any atom is 0.134 e. The fourth-order valence-corrected chi connectivity index (χ4v) is 2.75. The Morgan fingerprint density at radius 2 is 1.84 bits per heavy atom. The van der Waals surface area contributed by atoms with Crippen molar-refractivity contribution in [1.29, 1.82) is 0 Å². The molecule has 2 heterocycles. The largest absolute Gasteiger partial charge is 0.392 e. The Bertz CT molecular complexity index is 437. The van der Waals surface area contributed by atoms with Crippen LogP contribution < -0.4 is 4.90 Å². The van der Waals surface area contributed by atoms with E-state index < -0.39 is 0 Å². The molecule has 0 aliphatic carbocycles. The van der Waals surface area contributed by atoms with Crippen molar-refractivity contribution in [2.24, 2.45) is 0 Å². The second-order valence-electron chi connectivity index (χ2n) is 5.66. The summed E-state index contributed by atoms with van der Waals surface area (Å²) in [5.41, 5.74) is 3.14. The topological polar surface area (TPSA) is 39.6 Å². The first kappa shape index (κ1) is 14.3. The lowest BCUT2D eigenvalue weighted by Gasteiger charge is -2.38. The van der Waals surface area contributed by atoms with Crippen molar-refractivity contribution in [3.8, 4) is 0 Å². The molecule has 0 unspecified atom stereocenters. The monoisotopic (exact) mass is 263 g/mol. The molecule has 0 aromatic carbocycles. The van der Waals surface area contributed by atoms with Gasteiger partial charge >= 0.3 is 0 Å². The van der Waals surface area contributed by atoms with Crippen LogP contribution in [0.3, 0.4) is 0 Å². The van der Waals surface area contributed by atoms with Crippen molar-refractivity contribution in [3.05, 3.63) is 22.9 Å². The van der Waals surface area contributed by atoms with Gasteiger partial charge in [-0.15, -0.1) is 0 Å². The maximum absolute atomic E-state index is 9.58. The van der Waals surface area contributed by atoms with Gasteiger partial charge in [0.2, 0.25) is 0 Å². The zero-order valence-corrected chi connectivity index (χ0v) is 12.5. The van der Waals surface area contributed by atoms with Crippen LogP contribution in [0.2, 0.25) is 0 Å². The maximum atomic E-state index is 9.58. The first-order valence-electron chi connectivity index (χ1n) is 7.10. The molecule has 4 nitrogen and oxygen atoms in total. The van der Waals surface area contributed by atoms with E-state index in [-0.39, 0.29) is 6.61 Å². The second-order valence-corrected chi connectivity index (χ2v) is 5.66. The number of aliphatic hydroxyl groups is 1. The smallest absolute Gasteiger partial charge is 0.134 e. The number of anilines is 1. The highest BCUT2D eigenvalue weighted by molar-refractivity contribution is 5.51. The van der Waals surface area contributed by atoms with Crippen LogP contribution in [0, 0.1) is 13.8 Å². The van der Waals surface area contributed by atoms with Crippen molar-refractivity contribution in [3.63, 3.8) is 0 Å². The molecule has 4 heteroatoms. The molecule has 1 aromatic heterocycles. The first-order valence-corrected chi connectivity index (χ1v) is 7.10. The van der Waals surface area contributed by atoms with Crippen LogP contribution in [-0.2, 0) is 6.61 Å². The van der Waals surface area contributed by atoms with Gasteiger partial charge in [0.05, 0.1) is 6.61 Å². The molecule has 0 bridgehead atoms. The van der Waals surface area contributed by atoms with Crippen LogP contribution in [0.25, 0.3) is 0 Å². The lowest BCUT2D eigenvalue weighted by atomic mass is 10.1. The zero-order valence-electron chi connectivity index (χ0n) is 12.5. The molecule has 106 valence electrons. The fraction of sp³-hybridized carbons (Fsp3) is 0.667. The van der Waals surface area contributed by atoms with Gasteiger partial charge in [0.15, 0.2) is 0 Å². The van der Waals surface area contributed by atoms with Gasteiger partial charge in [-0.05, 0) is 39.3 Å². The molecule has 1 aromatic rings. The Labute approximate surface area is 116 Å². The lowest BCUT2D eigenvalue weighted by Crippen LogP contribution is -2.49. The van der Waals surface area contributed by atoms with Crippen molar-refractivity contribution in [2.75, 3.05) is 31.1 Å². The summed E-state index contributed by atoms with van der Waals surface area (Å²) in [5, 5.41) is 9.58. The Morgan fingerprint density at radius 1 is 1.21 bits per heavy atom. The number of nitrogens with zero attached hydrogens (tertiary/aromatic N) is 3. The van der Waals surface area contributed by atoms with E-state index >= 15 is 0 Å². The van der Waals surface area contributed by atoms with E-state index in [1.54, 1.807) is 0 Å². The Kier molecular flexibility index (Phi) is 4.42. The molecule has 1 fully saturated rings. The summed E-state index contributed by atoms with van der Waals surface area (Å²) in [6.07, 6.45) is 0. The van der Waals surface area contributed by atoms with Crippen molar-refractivity contribution in [2.45, 2.75) is 40.3 Å². The molecule has 0 spiro atoms. The van der Waals surface area contributed by atoms with E-state index in [2.05, 4.69) is 28.6 Å². The van der Waals surface area contributed by atoms with Gasteiger partial charge in [0.1, 0.15) is 5.82 Å². The van der Waals surface area contributed by atoms with Gasteiger partial charge in [-0.3, -0.25) is 4.90 Å². The molecule has 1 aliphatic rings. The minimum atomic E-state index is 0.0683. The number of aryl methyl sites for hydroxylation is 2. The summed E-state index contributed by atoms with van der Waals surface area (Å²) in [5.74, 6) is 0.975. The highest BCUT2D eigenvalue weighted by Gasteiger charge is 2.22. The highest BCUT2D eigenvalue weighted by Crippen LogP contribution is 2.24. The third-order valence-corrected chi connectivity index (χ3v) is 3.96. The van der Waals surface area contributed by atoms with Crippen LogP contribution in [0.4, 0.5) is 5.82 Å². The zero-order chi connectivity index (χ0) is 14.0. The van der Waals surface area contributed by atoms with Gasteiger partial charge in [-0.2, -0.15) is 0 Å². The minimum Gasteiger partial charge on any atom is -0.392 e. The predicted octanol–water partition coefficient (Wildman–Crippen LogP) is 1.72. The van der Waals surface area contributed by atoms with Crippen molar-refractivity contribution >= 4 is 5.82 Å². The van der Waals surface area contributed by atoms with E-state index in [0.717, 1.165) is 48.8 Å². The first-order chi connectivity index (χ1) is 9.02. The number of hydrogen-bond acceptors (Lipinski definition) is 4. The van der Waals surface area contributed by atoms with Crippen LogP contribution in [0.15, 0.2) is 6.07 Å². The fourth-order valence-electron chi connectivity index (χ4n) is 2.75. The number of piperazine rings is 1. The molecule has 0 radical (unpaired) electrons. The summed E-state index contributed by atoms with van der Waals surface area (Å²) in [6.45, 7) is 12.7. The van der Waals surface area contributed by atoms with Crippen LogP contribution >= 0.6 is 0 Å². The minimum absolute atomic E-state index is 0.0683. The summed E-state index contributed by atoms with van der Waals surface area (Å²) in [7, 11) is 0. The summed E-state index contributed by atoms with van der Waals surface area (Å²) in [6, 6.07) is 2.64. The van der Waals surface area contributed by atoms with Gasteiger partial charge in [0, 0.05) is 43.5 Å². The number of hydrogen-bond donors (Lipinski definition) is 1. The summed E-state index contributed by atoms with van der Waals surface area (Å²) >= 11 is 0. The summed E-state index contributed by atoms with van der Waals surface area (Å²) < 4.78 is 0. The van der Waals surface area contributed by atoms with E-state index in [9.17, 15) is 5.11 Å². The van der Waals surface area contributed by atoms with Crippen LogP contribution in [0.1, 0.15) is 30.7 Å². The average Bonchev–Trinajstić information content (AvgIpc) is 2.38. The van der Waals surface area contributed by atoms with Gasteiger partial charge in [-0.25, -0.2) is 4.98 Å². The van der Waals surface area contributed by atoms with Gasteiger partial charge < -0.3 is 10.0 Å². The third-order valence-electron chi connectivity index (χ3n) is 3.96. The third kappa shape index (κ3) is 3.07. The molecule has 1 aliphatic heterocycles. The quantitative estimate of drug-likeness (QED) is 0.901. The molecule has 1 N–H and O–H groups in total. The van der Waals surface area contributed by atoms with E-state index in [4.69, 9.17) is 0 Å². The van der Waals surface area contributed by atoms with Gasteiger partial charge in [0.25, 0.3) is 0 Å². The molecular weight excluding hydrogens is 238 g/mol. The Morgan fingerprint density at radius 3 is 2.37 bits per heavy atom. The van der Waals surface area contributed by atoms with Gasteiger partial charge in [-0.1, -0.05) is 0 Å². The van der Waals surface area contributed by atoms with E-state index in [0.29, 0.717) is 6.04 Å². The van der Waals surface area contributed by atoms with Crippen LogP contribution in [0.5, 0.6) is 0 Å². The highest BCUT2D eigenvalue weighted by atomic mass is 16.3. The molecule has 19 heavy (non-hydrogen) atoms. The molecule has 0 saturated carbocycles. The van der Waals surface area contributed by atoms with E-state index in [1.807, 2.05) is 19.9 Å². The number of aromatic nitrogens is 1. The van der Waals surface area contributed by atoms with Crippen molar-refractivity contribution < 1.29 is 5.11 Å².